The van der Waals surface area contributed by atoms with Gasteiger partial charge in [0.1, 0.15) is 0 Å². The van der Waals surface area contributed by atoms with E-state index in [1.165, 1.54) is 11.1 Å². The Hall–Kier alpha value is -1.65. The van der Waals surface area contributed by atoms with Crippen molar-refractivity contribution in [1.29, 1.82) is 0 Å². The summed E-state index contributed by atoms with van der Waals surface area (Å²) in [4.78, 5) is 7.27. The second kappa shape index (κ2) is 13.7. The molecule has 0 radical (unpaired) electrons. The van der Waals surface area contributed by atoms with Crippen molar-refractivity contribution < 1.29 is 4.74 Å². The number of benzene rings is 1. The predicted molar refractivity (Wildman–Crippen MR) is 137 cm³/mol. The smallest absolute Gasteiger partial charge is 0.191 e. The highest BCUT2D eigenvalue weighted by molar-refractivity contribution is 14.0. The molecule has 1 atom stereocenters. The quantitative estimate of drug-likeness (QED) is 0.291. The zero-order chi connectivity index (χ0) is 21.2. The number of hydrogen-bond acceptors (Lipinski definition) is 4. The number of morpholine rings is 1. The predicted octanol–water partition coefficient (Wildman–Crippen LogP) is 2.96. The van der Waals surface area contributed by atoms with Crippen LogP contribution in [0.25, 0.3) is 0 Å². The molecule has 8 heteroatoms. The number of nitrogens with zero attached hydrogens (tertiary/aromatic N) is 4. The molecule has 1 aliphatic heterocycles. The fourth-order valence-electron chi connectivity index (χ4n) is 3.72. The van der Waals surface area contributed by atoms with Gasteiger partial charge >= 0.3 is 0 Å². The van der Waals surface area contributed by atoms with Crippen LogP contribution in [0.5, 0.6) is 0 Å². The molecule has 1 aliphatic rings. The fourth-order valence-corrected chi connectivity index (χ4v) is 3.72. The van der Waals surface area contributed by atoms with Crippen molar-refractivity contribution in [2.75, 3.05) is 39.3 Å². The lowest BCUT2D eigenvalue weighted by Crippen LogP contribution is -2.50. The van der Waals surface area contributed by atoms with Gasteiger partial charge in [0.25, 0.3) is 0 Å². The van der Waals surface area contributed by atoms with Crippen molar-refractivity contribution in [3.05, 3.63) is 53.9 Å². The van der Waals surface area contributed by atoms with Crippen LogP contribution in [-0.4, -0.2) is 66.1 Å². The van der Waals surface area contributed by atoms with Gasteiger partial charge in [0, 0.05) is 45.1 Å². The molecule has 2 N–H and O–H groups in total. The Labute approximate surface area is 203 Å². The van der Waals surface area contributed by atoms with Crippen LogP contribution in [0.1, 0.15) is 31.9 Å². The minimum Gasteiger partial charge on any atom is -0.374 e. The molecule has 172 valence electrons. The summed E-state index contributed by atoms with van der Waals surface area (Å²) in [7, 11) is 0. The minimum absolute atomic E-state index is 0. The third-order valence-corrected chi connectivity index (χ3v) is 5.00. The van der Waals surface area contributed by atoms with E-state index in [1.54, 1.807) is 6.20 Å². The fraction of sp³-hybridized carbons (Fsp3) is 0.565. The topological polar surface area (TPSA) is 66.7 Å². The number of nitrogens with one attached hydrogen (secondary N) is 2. The van der Waals surface area contributed by atoms with Crippen LogP contribution in [0.3, 0.4) is 0 Å². The van der Waals surface area contributed by atoms with Crippen molar-refractivity contribution in [2.45, 2.75) is 40.0 Å². The molecule has 7 nitrogen and oxygen atoms in total. The van der Waals surface area contributed by atoms with Crippen LogP contribution < -0.4 is 10.6 Å². The molecule has 31 heavy (non-hydrogen) atoms. The Balaban J connectivity index is 0.00000341. The van der Waals surface area contributed by atoms with E-state index in [9.17, 15) is 0 Å². The molecule has 1 aromatic heterocycles. The lowest BCUT2D eigenvalue weighted by molar-refractivity contribution is -0.0284. The van der Waals surface area contributed by atoms with Crippen LogP contribution in [0.4, 0.5) is 0 Å². The third-order valence-electron chi connectivity index (χ3n) is 5.00. The second-order valence-electron chi connectivity index (χ2n) is 8.25. The summed E-state index contributed by atoms with van der Waals surface area (Å²) in [5.74, 6) is 1.51. The third kappa shape index (κ3) is 9.16. The molecule has 0 amide bonds. The molecule has 1 saturated heterocycles. The summed E-state index contributed by atoms with van der Waals surface area (Å²) >= 11 is 0. The molecule has 2 aromatic rings. The minimum atomic E-state index is 0. The largest absolute Gasteiger partial charge is 0.374 e. The Kier molecular flexibility index (Phi) is 11.3. The van der Waals surface area contributed by atoms with Gasteiger partial charge in [-0.25, -0.2) is 4.99 Å². The number of aromatic nitrogens is 2. The van der Waals surface area contributed by atoms with Crippen LogP contribution in [0, 0.1) is 5.92 Å². The molecule has 2 heterocycles. The Bertz CT molecular complexity index is 780. The number of ether oxygens (including phenoxy) is 1. The van der Waals surface area contributed by atoms with Crippen molar-refractivity contribution in [1.82, 2.24) is 25.3 Å². The summed E-state index contributed by atoms with van der Waals surface area (Å²) in [5.41, 5.74) is 2.42. The van der Waals surface area contributed by atoms with E-state index >= 15 is 0 Å². The van der Waals surface area contributed by atoms with Crippen LogP contribution >= 0.6 is 24.0 Å². The van der Waals surface area contributed by atoms with Crippen molar-refractivity contribution >= 4 is 29.9 Å². The van der Waals surface area contributed by atoms with Gasteiger partial charge in [-0.15, -0.1) is 24.0 Å². The SMILES string of the molecule is CCNC(=NCc1cccc(Cn2cccn2)c1)NCC1CN(CC(C)C)CCO1.I. The maximum atomic E-state index is 5.95. The molecule has 1 aromatic carbocycles. The van der Waals surface area contributed by atoms with Gasteiger partial charge in [0.05, 0.1) is 25.8 Å². The lowest BCUT2D eigenvalue weighted by Gasteiger charge is -2.34. The second-order valence-corrected chi connectivity index (χ2v) is 8.25. The first-order chi connectivity index (χ1) is 14.6. The average Bonchev–Trinajstić information content (AvgIpc) is 3.23. The molecular weight excluding hydrogens is 503 g/mol. The number of hydrogen-bond donors (Lipinski definition) is 2. The molecule has 0 spiro atoms. The maximum Gasteiger partial charge on any atom is 0.191 e. The highest BCUT2D eigenvalue weighted by Crippen LogP contribution is 2.09. The normalized spacial score (nSPS) is 17.4. The van der Waals surface area contributed by atoms with Gasteiger partial charge in [-0.3, -0.25) is 9.58 Å². The number of rotatable bonds is 9. The number of guanidine groups is 1. The molecule has 0 bridgehead atoms. The summed E-state index contributed by atoms with van der Waals surface area (Å²) in [5, 5.41) is 11.1. The highest BCUT2D eigenvalue weighted by Gasteiger charge is 2.21. The molecule has 1 fully saturated rings. The standard InChI is InChI=1S/C23H36N6O.HI/c1-4-24-23(26-15-22-18-28(11-12-30-22)16-19(2)3)25-14-20-7-5-8-21(13-20)17-29-10-6-9-27-29;/h5-10,13,19,22H,4,11-12,14-18H2,1-3H3,(H2,24,25,26);1H. The van der Waals surface area contributed by atoms with Crippen molar-refractivity contribution in [3.8, 4) is 0 Å². The van der Waals surface area contributed by atoms with E-state index in [2.05, 4.69) is 65.7 Å². The summed E-state index contributed by atoms with van der Waals surface area (Å²) in [6.07, 6.45) is 3.98. The van der Waals surface area contributed by atoms with Gasteiger partial charge in [-0.1, -0.05) is 38.1 Å². The lowest BCUT2D eigenvalue weighted by atomic mass is 10.1. The van der Waals surface area contributed by atoms with E-state index in [0.29, 0.717) is 12.5 Å². The summed E-state index contributed by atoms with van der Waals surface area (Å²) < 4.78 is 7.88. The molecular formula is C23H37IN6O. The van der Waals surface area contributed by atoms with Crippen LogP contribution in [-0.2, 0) is 17.8 Å². The van der Waals surface area contributed by atoms with Crippen molar-refractivity contribution in [3.63, 3.8) is 0 Å². The first-order valence-corrected chi connectivity index (χ1v) is 11.0. The van der Waals surface area contributed by atoms with Gasteiger partial charge in [0.2, 0.25) is 0 Å². The Morgan fingerprint density at radius 1 is 1.26 bits per heavy atom. The van der Waals surface area contributed by atoms with Gasteiger partial charge in [-0.05, 0) is 30.0 Å². The molecule has 0 saturated carbocycles. The average molecular weight is 540 g/mol. The van der Waals surface area contributed by atoms with Gasteiger partial charge in [-0.2, -0.15) is 5.10 Å². The van der Waals surface area contributed by atoms with E-state index in [-0.39, 0.29) is 30.1 Å². The molecule has 3 rings (SSSR count). The van der Waals surface area contributed by atoms with E-state index in [4.69, 9.17) is 9.73 Å². The molecule has 0 aliphatic carbocycles. The van der Waals surface area contributed by atoms with Crippen molar-refractivity contribution in [2.24, 2.45) is 10.9 Å². The van der Waals surface area contributed by atoms with E-state index in [1.807, 2.05) is 16.9 Å². The maximum absolute atomic E-state index is 5.95. The zero-order valence-corrected chi connectivity index (χ0v) is 21.3. The Morgan fingerprint density at radius 3 is 2.84 bits per heavy atom. The first kappa shape index (κ1) is 25.6. The first-order valence-electron chi connectivity index (χ1n) is 11.0. The van der Waals surface area contributed by atoms with E-state index in [0.717, 1.165) is 51.8 Å². The van der Waals surface area contributed by atoms with Crippen LogP contribution in [0.15, 0.2) is 47.7 Å². The van der Waals surface area contributed by atoms with E-state index < -0.39 is 0 Å². The number of halogens is 1. The number of aliphatic imine (C=N–C) groups is 1. The highest BCUT2D eigenvalue weighted by atomic mass is 127. The van der Waals surface area contributed by atoms with Gasteiger partial charge in [0.15, 0.2) is 5.96 Å². The summed E-state index contributed by atoms with van der Waals surface area (Å²) in [6.45, 7) is 13.5. The Morgan fingerprint density at radius 2 is 2.10 bits per heavy atom. The summed E-state index contributed by atoms with van der Waals surface area (Å²) in [6, 6.07) is 10.5. The van der Waals surface area contributed by atoms with Crippen LogP contribution in [0.2, 0.25) is 0 Å². The molecule has 1 unspecified atom stereocenters. The monoisotopic (exact) mass is 540 g/mol. The van der Waals surface area contributed by atoms with Gasteiger partial charge < -0.3 is 15.4 Å². The zero-order valence-electron chi connectivity index (χ0n) is 19.0.